The molecule has 0 aliphatic rings. The maximum atomic E-state index is 10.9. The number of aromatic nitrogens is 5. The van der Waals surface area contributed by atoms with Gasteiger partial charge in [0.25, 0.3) is 10.7 Å². The van der Waals surface area contributed by atoms with Crippen LogP contribution >= 0.6 is 15.9 Å². The van der Waals surface area contributed by atoms with Gasteiger partial charge in [0.05, 0.1) is 0 Å². The first-order valence-electron chi connectivity index (χ1n) is 4.75. The third-order valence-electron chi connectivity index (χ3n) is 1.97. The summed E-state index contributed by atoms with van der Waals surface area (Å²) in [5, 5.41) is 23.0. The first-order chi connectivity index (χ1) is 8.88. The van der Waals surface area contributed by atoms with Crippen LogP contribution in [0.1, 0.15) is 16.2 Å². The Kier molecular flexibility index (Phi) is 3.21. The van der Waals surface area contributed by atoms with Crippen molar-refractivity contribution in [2.45, 2.75) is 6.92 Å². The van der Waals surface area contributed by atoms with E-state index in [1.54, 1.807) is 6.92 Å². The van der Waals surface area contributed by atoms with Crippen LogP contribution in [0.5, 0.6) is 0 Å². The highest BCUT2D eigenvalue weighted by Crippen LogP contribution is 2.16. The fourth-order valence-corrected chi connectivity index (χ4v) is 1.64. The van der Waals surface area contributed by atoms with Crippen LogP contribution in [0, 0.1) is 17.0 Å². The molecule has 0 atom stereocenters. The quantitative estimate of drug-likeness (QED) is 0.643. The zero-order valence-corrected chi connectivity index (χ0v) is 10.9. The van der Waals surface area contributed by atoms with Crippen molar-refractivity contribution in [1.82, 2.24) is 24.7 Å². The van der Waals surface area contributed by atoms with Crippen LogP contribution in [0.15, 0.2) is 10.8 Å². The van der Waals surface area contributed by atoms with Crippen molar-refractivity contribution in [2.24, 2.45) is 0 Å². The lowest BCUT2D eigenvalue weighted by Crippen LogP contribution is -2.10. The summed E-state index contributed by atoms with van der Waals surface area (Å²) in [4.78, 5) is 31.9. The highest BCUT2D eigenvalue weighted by molar-refractivity contribution is 9.10. The second-order valence-electron chi connectivity index (χ2n) is 3.35. The summed E-state index contributed by atoms with van der Waals surface area (Å²) in [6, 6.07) is 1.27. The summed E-state index contributed by atoms with van der Waals surface area (Å²) in [5.41, 5.74) is 0.139. The molecule has 98 valence electrons. The Morgan fingerprint density at radius 2 is 2.16 bits per heavy atom. The lowest BCUT2D eigenvalue weighted by atomic mass is 10.3. The van der Waals surface area contributed by atoms with Gasteiger partial charge in [0.2, 0.25) is 0 Å². The van der Waals surface area contributed by atoms with Crippen molar-refractivity contribution < 1.29 is 14.8 Å². The Labute approximate surface area is 113 Å². The molecule has 2 aromatic rings. The number of rotatable bonds is 3. The molecule has 0 unspecified atom stereocenters. The standard InChI is InChI=1S/C8H5BrN6O4/c1-3-2-4(5(16)17)11-7(10-3)14-6(9)12-8(13-14)15(18)19/h2H,1H3,(H,16,17). The summed E-state index contributed by atoms with van der Waals surface area (Å²) in [5.74, 6) is -2.00. The zero-order chi connectivity index (χ0) is 14.2. The van der Waals surface area contributed by atoms with E-state index in [4.69, 9.17) is 5.11 Å². The maximum absolute atomic E-state index is 10.9. The minimum atomic E-state index is -1.24. The number of halogens is 1. The molecule has 10 nitrogen and oxygen atoms in total. The molecule has 19 heavy (non-hydrogen) atoms. The van der Waals surface area contributed by atoms with Crippen LogP contribution in [0.25, 0.3) is 5.95 Å². The first-order valence-corrected chi connectivity index (χ1v) is 5.54. The molecule has 0 aliphatic heterocycles. The molecule has 0 fully saturated rings. The second-order valence-corrected chi connectivity index (χ2v) is 4.06. The van der Waals surface area contributed by atoms with Gasteiger partial charge in [0, 0.05) is 26.7 Å². The van der Waals surface area contributed by atoms with Crippen LogP contribution in [0.3, 0.4) is 0 Å². The minimum absolute atomic E-state index is 0.00105. The third kappa shape index (κ3) is 2.54. The molecule has 2 rings (SSSR count). The van der Waals surface area contributed by atoms with Crippen LogP contribution in [-0.4, -0.2) is 40.7 Å². The van der Waals surface area contributed by atoms with Gasteiger partial charge in [0.1, 0.15) is 0 Å². The molecule has 0 saturated carbocycles. The van der Waals surface area contributed by atoms with Crippen molar-refractivity contribution in [3.8, 4) is 5.95 Å². The Balaban J connectivity index is 2.58. The monoisotopic (exact) mass is 328 g/mol. The molecule has 0 amide bonds. The van der Waals surface area contributed by atoms with Crippen molar-refractivity contribution in [3.63, 3.8) is 0 Å². The number of nitro groups is 1. The predicted molar refractivity (Wildman–Crippen MR) is 63.0 cm³/mol. The zero-order valence-electron chi connectivity index (χ0n) is 9.31. The topological polar surface area (TPSA) is 137 Å². The van der Waals surface area contributed by atoms with E-state index in [9.17, 15) is 14.9 Å². The lowest BCUT2D eigenvalue weighted by molar-refractivity contribution is -0.394. The Morgan fingerprint density at radius 1 is 1.47 bits per heavy atom. The SMILES string of the molecule is Cc1cc(C(=O)O)nc(-n2nc([N+](=O)[O-])nc2Br)n1. The number of aryl methyl sites for hydroxylation is 1. The van der Waals surface area contributed by atoms with Gasteiger partial charge in [-0.25, -0.2) is 14.8 Å². The van der Waals surface area contributed by atoms with Gasteiger partial charge in [-0.1, -0.05) is 4.68 Å². The van der Waals surface area contributed by atoms with Gasteiger partial charge >= 0.3 is 11.9 Å². The number of carbonyl (C=O) groups is 1. The van der Waals surface area contributed by atoms with E-state index in [1.165, 1.54) is 6.07 Å². The maximum Gasteiger partial charge on any atom is 0.492 e. The largest absolute Gasteiger partial charge is 0.492 e. The smallest absolute Gasteiger partial charge is 0.477 e. The molecule has 0 bridgehead atoms. The van der Waals surface area contributed by atoms with Crippen LogP contribution < -0.4 is 0 Å². The number of carboxylic acid groups (broad SMARTS) is 1. The average molecular weight is 329 g/mol. The van der Waals surface area contributed by atoms with Gasteiger partial charge in [-0.05, 0) is 22.9 Å². The van der Waals surface area contributed by atoms with Crippen molar-refractivity contribution in [3.05, 3.63) is 32.3 Å². The van der Waals surface area contributed by atoms with Crippen molar-refractivity contribution in [1.29, 1.82) is 0 Å². The number of hydrogen-bond acceptors (Lipinski definition) is 7. The number of aromatic carboxylic acids is 1. The van der Waals surface area contributed by atoms with Gasteiger partial charge in [-0.3, -0.25) is 0 Å². The molecule has 0 aliphatic carbocycles. The average Bonchev–Trinajstić information content (AvgIpc) is 2.70. The molecule has 2 heterocycles. The van der Waals surface area contributed by atoms with Gasteiger partial charge in [-0.2, -0.15) is 0 Å². The summed E-state index contributed by atoms with van der Waals surface area (Å²) in [7, 11) is 0. The molecule has 2 aromatic heterocycles. The van der Waals surface area contributed by atoms with Crippen LogP contribution in [0.4, 0.5) is 5.95 Å². The minimum Gasteiger partial charge on any atom is -0.477 e. The Morgan fingerprint density at radius 3 is 2.68 bits per heavy atom. The van der Waals surface area contributed by atoms with E-state index in [0.29, 0.717) is 5.69 Å². The van der Waals surface area contributed by atoms with Crippen molar-refractivity contribution in [2.75, 3.05) is 0 Å². The first kappa shape index (κ1) is 13.0. The fourth-order valence-electron chi connectivity index (χ4n) is 1.24. The molecular weight excluding hydrogens is 324 g/mol. The third-order valence-corrected chi connectivity index (χ3v) is 2.48. The number of hydrogen-bond donors (Lipinski definition) is 1. The molecule has 0 aromatic carbocycles. The fraction of sp³-hybridized carbons (Fsp3) is 0.125. The van der Waals surface area contributed by atoms with Gasteiger partial charge in [-0.15, -0.1) is 0 Å². The van der Waals surface area contributed by atoms with Crippen LogP contribution in [0.2, 0.25) is 0 Å². The van der Waals surface area contributed by atoms with E-state index in [2.05, 4.69) is 36.0 Å². The van der Waals surface area contributed by atoms with E-state index in [-0.39, 0.29) is 16.4 Å². The molecular formula is C8H5BrN6O4. The van der Waals surface area contributed by atoms with Crippen molar-refractivity contribution >= 4 is 27.8 Å². The normalized spacial score (nSPS) is 10.4. The Bertz CT molecular complexity index is 684. The van der Waals surface area contributed by atoms with Gasteiger partial charge in [0.15, 0.2) is 5.69 Å². The highest BCUT2D eigenvalue weighted by atomic mass is 79.9. The predicted octanol–water partition coefficient (Wildman–Crippen LogP) is 0.735. The summed E-state index contributed by atoms with van der Waals surface area (Å²) >= 11 is 2.97. The molecule has 11 heteroatoms. The summed E-state index contributed by atoms with van der Waals surface area (Å²) < 4.78 is 0.943. The number of nitrogens with zero attached hydrogens (tertiary/aromatic N) is 6. The van der Waals surface area contributed by atoms with E-state index >= 15 is 0 Å². The molecule has 1 N–H and O–H groups in total. The summed E-state index contributed by atoms with van der Waals surface area (Å²) in [6.45, 7) is 1.57. The molecule has 0 radical (unpaired) electrons. The second kappa shape index (κ2) is 4.68. The number of carboxylic acids is 1. The van der Waals surface area contributed by atoms with Crippen LogP contribution in [-0.2, 0) is 0 Å². The van der Waals surface area contributed by atoms with E-state index in [0.717, 1.165) is 4.68 Å². The van der Waals surface area contributed by atoms with E-state index < -0.39 is 16.8 Å². The lowest BCUT2D eigenvalue weighted by Gasteiger charge is -2.00. The van der Waals surface area contributed by atoms with Gasteiger partial charge < -0.3 is 15.2 Å². The summed E-state index contributed by atoms with van der Waals surface area (Å²) in [6.07, 6.45) is 0. The highest BCUT2D eigenvalue weighted by Gasteiger charge is 2.23. The Hall–Kier alpha value is -2.43. The van der Waals surface area contributed by atoms with E-state index in [1.807, 2.05) is 0 Å². The molecule has 0 saturated heterocycles. The molecule has 0 spiro atoms.